The van der Waals surface area contributed by atoms with E-state index < -0.39 is 0 Å². The van der Waals surface area contributed by atoms with Gasteiger partial charge in [0.1, 0.15) is 5.69 Å². The van der Waals surface area contributed by atoms with E-state index in [1.165, 1.54) is 0 Å². The van der Waals surface area contributed by atoms with Crippen molar-refractivity contribution in [1.82, 2.24) is 9.88 Å². The van der Waals surface area contributed by atoms with Gasteiger partial charge in [-0.1, -0.05) is 6.92 Å². The summed E-state index contributed by atoms with van der Waals surface area (Å²) in [5.74, 6) is 0.171. The van der Waals surface area contributed by atoms with E-state index >= 15 is 0 Å². The largest absolute Gasteiger partial charge is 0.354 e. The molecule has 5 heteroatoms. The van der Waals surface area contributed by atoms with Crippen LogP contribution in [0.5, 0.6) is 0 Å². The van der Waals surface area contributed by atoms with Crippen LogP contribution in [0.2, 0.25) is 0 Å². The molecule has 1 aliphatic heterocycles. The molecule has 1 unspecified atom stereocenters. The molecule has 0 saturated carbocycles. The number of H-pyrrole nitrogens is 1. The summed E-state index contributed by atoms with van der Waals surface area (Å²) < 4.78 is 0. The molecule has 1 aromatic heterocycles. The number of fused-ring (bicyclic) bond motifs is 1. The van der Waals surface area contributed by atoms with Crippen molar-refractivity contribution in [1.29, 1.82) is 0 Å². The minimum atomic E-state index is 0.00637. The number of carbonyl (C=O) groups excluding carboxylic acids is 2. The highest BCUT2D eigenvalue weighted by molar-refractivity contribution is 6.04. The topological polar surface area (TPSA) is 79.2 Å². The van der Waals surface area contributed by atoms with Gasteiger partial charge in [-0.2, -0.15) is 0 Å². The molecule has 114 valence electrons. The number of nitrogens with zero attached hydrogens (tertiary/aromatic N) is 1. The molecule has 3 rings (SSSR count). The summed E-state index contributed by atoms with van der Waals surface area (Å²) in [6.45, 7) is 6.03. The summed E-state index contributed by atoms with van der Waals surface area (Å²) in [6, 6.07) is 0. The van der Waals surface area contributed by atoms with E-state index in [0.717, 1.165) is 42.6 Å². The normalized spacial score (nSPS) is 25.3. The number of aromatic nitrogens is 1. The number of likely N-dealkylation sites (tertiary alicyclic amines) is 1. The van der Waals surface area contributed by atoms with Crippen molar-refractivity contribution in [2.45, 2.75) is 39.5 Å². The van der Waals surface area contributed by atoms with Crippen LogP contribution in [0.15, 0.2) is 0 Å². The van der Waals surface area contributed by atoms with E-state index in [4.69, 9.17) is 5.73 Å². The van der Waals surface area contributed by atoms with Crippen LogP contribution in [0.3, 0.4) is 0 Å². The lowest BCUT2D eigenvalue weighted by Crippen LogP contribution is -2.34. The maximum atomic E-state index is 12.7. The molecule has 5 nitrogen and oxygen atoms in total. The van der Waals surface area contributed by atoms with Crippen molar-refractivity contribution in [2.24, 2.45) is 11.1 Å². The fraction of sp³-hybridized carbons (Fsp3) is 0.625. The Morgan fingerprint density at radius 3 is 2.81 bits per heavy atom. The van der Waals surface area contributed by atoms with Gasteiger partial charge in [-0.05, 0) is 43.7 Å². The lowest BCUT2D eigenvalue weighted by atomic mass is 9.90. The fourth-order valence-corrected chi connectivity index (χ4v) is 3.51. The van der Waals surface area contributed by atoms with Crippen LogP contribution in [0.1, 0.15) is 58.3 Å². The fourth-order valence-electron chi connectivity index (χ4n) is 3.51. The van der Waals surface area contributed by atoms with Crippen LogP contribution in [-0.2, 0) is 6.42 Å². The van der Waals surface area contributed by atoms with Crippen molar-refractivity contribution in [2.75, 3.05) is 19.6 Å². The van der Waals surface area contributed by atoms with Crippen molar-refractivity contribution in [3.63, 3.8) is 0 Å². The van der Waals surface area contributed by atoms with E-state index in [1.54, 1.807) is 0 Å². The summed E-state index contributed by atoms with van der Waals surface area (Å²) in [5.41, 5.74) is 8.93. The molecule has 2 aliphatic rings. The summed E-state index contributed by atoms with van der Waals surface area (Å²) >= 11 is 0. The van der Waals surface area contributed by atoms with Gasteiger partial charge in [0.25, 0.3) is 5.91 Å². The zero-order chi connectivity index (χ0) is 15.2. The van der Waals surface area contributed by atoms with Gasteiger partial charge >= 0.3 is 0 Å². The van der Waals surface area contributed by atoms with Crippen molar-refractivity contribution < 1.29 is 9.59 Å². The summed E-state index contributed by atoms with van der Waals surface area (Å²) in [7, 11) is 0. The second-order valence-corrected chi connectivity index (χ2v) is 6.75. The molecule has 1 saturated heterocycles. The number of carbonyl (C=O) groups is 2. The standard InChI is InChI=1S/C16H23N3O2/c1-10-13-11(4-3-5-12(13)20)18-14(10)15(21)19-7-6-16(2,8-17)9-19/h18H,3-9,17H2,1-2H3. The maximum absolute atomic E-state index is 12.7. The first kappa shape index (κ1) is 14.3. The Morgan fingerprint density at radius 2 is 2.19 bits per heavy atom. The second-order valence-electron chi connectivity index (χ2n) is 6.75. The number of amides is 1. The van der Waals surface area contributed by atoms with E-state index in [0.29, 0.717) is 25.2 Å². The molecule has 1 atom stereocenters. The Morgan fingerprint density at radius 1 is 1.43 bits per heavy atom. The van der Waals surface area contributed by atoms with Gasteiger partial charge in [-0.15, -0.1) is 0 Å². The third-order valence-corrected chi connectivity index (χ3v) is 4.99. The van der Waals surface area contributed by atoms with Gasteiger partial charge in [0.2, 0.25) is 0 Å². The number of hydrogen-bond acceptors (Lipinski definition) is 3. The second kappa shape index (κ2) is 4.98. The summed E-state index contributed by atoms with van der Waals surface area (Å²) in [6.07, 6.45) is 3.26. The predicted octanol–water partition coefficient (Wildman–Crippen LogP) is 1.65. The monoisotopic (exact) mass is 289 g/mol. The van der Waals surface area contributed by atoms with E-state index in [9.17, 15) is 9.59 Å². The number of Topliss-reactive ketones (excluding diaryl/α,β-unsaturated/α-hetero) is 1. The highest BCUT2D eigenvalue weighted by Crippen LogP contribution is 2.32. The molecule has 1 fully saturated rings. The number of aryl methyl sites for hydroxylation is 1. The van der Waals surface area contributed by atoms with Gasteiger partial charge in [0.05, 0.1) is 0 Å². The maximum Gasteiger partial charge on any atom is 0.270 e. The molecule has 1 amide bonds. The number of hydrogen-bond donors (Lipinski definition) is 2. The summed E-state index contributed by atoms with van der Waals surface area (Å²) in [5, 5.41) is 0. The molecule has 0 bridgehead atoms. The Kier molecular flexibility index (Phi) is 3.40. The van der Waals surface area contributed by atoms with Gasteiger partial charge in [-0.25, -0.2) is 0 Å². The minimum Gasteiger partial charge on any atom is -0.354 e. The molecule has 0 spiro atoms. The highest BCUT2D eigenvalue weighted by Gasteiger charge is 2.37. The minimum absolute atomic E-state index is 0.00637. The molecule has 1 aliphatic carbocycles. The van der Waals surface area contributed by atoms with Crippen molar-refractivity contribution in [3.8, 4) is 0 Å². The quantitative estimate of drug-likeness (QED) is 0.869. The Labute approximate surface area is 124 Å². The molecule has 0 radical (unpaired) electrons. The van der Waals surface area contributed by atoms with Crippen LogP contribution in [-0.4, -0.2) is 41.2 Å². The first-order chi connectivity index (χ1) is 9.95. The Hall–Kier alpha value is -1.62. The van der Waals surface area contributed by atoms with Crippen molar-refractivity contribution >= 4 is 11.7 Å². The van der Waals surface area contributed by atoms with Crippen LogP contribution in [0, 0.1) is 12.3 Å². The summed E-state index contributed by atoms with van der Waals surface area (Å²) in [4.78, 5) is 29.9. The molecule has 21 heavy (non-hydrogen) atoms. The molecule has 3 N–H and O–H groups in total. The lowest BCUT2D eigenvalue weighted by Gasteiger charge is -2.22. The first-order valence-electron chi connectivity index (χ1n) is 7.69. The molecule has 2 heterocycles. The zero-order valence-electron chi connectivity index (χ0n) is 12.8. The number of ketones is 1. The van der Waals surface area contributed by atoms with Crippen LogP contribution >= 0.6 is 0 Å². The van der Waals surface area contributed by atoms with Gasteiger partial charge in [-0.3, -0.25) is 9.59 Å². The smallest absolute Gasteiger partial charge is 0.270 e. The molecular formula is C16H23N3O2. The van der Waals surface area contributed by atoms with Gasteiger partial charge in [0.15, 0.2) is 5.78 Å². The third kappa shape index (κ3) is 2.29. The third-order valence-electron chi connectivity index (χ3n) is 4.99. The van der Waals surface area contributed by atoms with Crippen LogP contribution in [0.4, 0.5) is 0 Å². The predicted molar refractivity (Wildman–Crippen MR) is 80.5 cm³/mol. The number of nitrogens with two attached hydrogens (primary N) is 1. The van der Waals surface area contributed by atoms with Gasteiger partial charge in [0, 0.05) is 30.8 Å². The number of nitrogens with one attached hydrogen (secondary N) is 1. The Bertz CT molecular complexity index is 605. The zero-order valence-corrected chi connectivity index (χ0v) is 12.8. The number of aromatic amines is 1. The Balaban J connectivity index is 1.88. The van der Waals surface area contributed by atoms with Gasteiger partial charge < -0.3 is 15.6 Å². The highest BCUT2D eigenvalue weighted by atomic mass is 16.2. The van der Waals surface area contributed by atoms with E-state index in [1.807, 2.05) is 11.8 Å². The van der Waals surface area contributed by atoms with E-state index in [-0.39, 0.29) is 17.1 Å². The average Bonchev–Trinajstić information content (AvgIpc) is 3.01. The van der Waals surface area contributed by atoms with E-state index in [2.05, 4.69) is 11.9 Å². The SMILES string of the molecule is Cc1c(C(=O)N2CCC(C)(CN)C2)[nH]c2c1C(=O)CCC2. The van der Waals surface area contributed by atoms with Crippen LogP contribution < -0.4 is 5.73 Å². The van der Waals surface area contributed by atoms with Crippen molar-refractivity contribution in [3.05, 3.63) is 22.5 Å². The molecule has 0 aromatic carbocycles. The molecule has 1 aromatic rings. The average molecular weight is 289 g/mol. The van der Waals surface area contributed by atoms with Crippen LogP contribution in [0.25, 0.3) is 0 Å². The molecular weight excluding hydrogens is 266 g/mol. The first-order valence-corrected chi connectivity index (χ1v) is 7.69. The lowest BCUT2D eigenvalue weighted by molar-refractivity contribution is 0.0771. The number of rotatable bonds is 2.